The van der Waals surface area contributed by atoms with Crippen LogP contribution in [0.4, 0.5) is 5.82 Å². The molecule has 4 aromatic rings. The number of ether oxygens (including phenoxy) is 2. The first-order valence-corrected chi connectivity index (χ1v) is 10.9. The maximum Gasteiger partial charge on any atom is 0.147 e. The highest BCUT2D eigenvalue weighted by molar-refractivity contribution is 7.25. The molecule has 154 valence electrons. The van der Waals surface area contributed by atoms with Gasteiger partial charge in [-0.25, -0.2) is 15.0 Å². The minimum absolute atomic E-state index is 0.171. The van der Waals surface area contributed by atoms with Gasteiger partial charge in [0.2, 0.25) is 0 Å². The number of fused-ring (bicyclic) bond motifs is 4. The number of rotatable bonds is 5. The quantitative estimate of drug-likeness (QED) is 0.502. The van der Waals surface area contributed by atoms with Crippen molar-refractivity contribution in [2.45, 2.75) is 38.9 Å². The molecule has 1 aromatic carbocycles. The highest BCUT2D eigenvalue weighted by Crippen LogP contribution is 2.38. The van der Waals surface area contributed by atoms with E-state index in [9.17, 15) is 0 Å². The first-order valence-electron chi connectivity index (χ1n) is 10.1. The summed E-state index contributed by atoms with van der Waals surface area (Å²) in [6.07, 6.45) is 3.29. The molecule has 0 spiro atoms. The molecule has 5 rings (SSSR count). The second-order valence-electron chi connectivity index (χ2n) is 8.16. The summed E-state index contributed by atoms with van der Waals surface area (Å²) in [6, 6.07) is 10.3. The molecule has 1 N–H and O–H groups in total. The van der Waals surface area contributed by atoms with Crippen LogP contribution in [-0.2, 0) is 24.2 Å². The predicted molar refractivity (Wildman–Crippen MR) is 120 cm³/mol. The van der Waals surface area contributed by atoms with Crippen LogP contribution in [0, 0.1) is 0 Å². The van der Waals surface area contributed by atoms with E-state index in [0.717, 1.165) is 62.6 Å². The maximum atomic E-state index is 5.98. The van der Waals surface area contributed by atoms with Gasteiger partial charge in [0.05, 0.1) is 35.2 Å². The van der Waals surface area contributed by atoms with Crippen LogP contribution < -0.4 is 10.1 Å². The fourth-order valence-electron chi connectivity index (χ4n) is 3.94. The molecular weight excluding hydrogens is 396 g/mol. The Labute approximate surface area is 179 Å². The zero-order valence-electron chi connectivity index (χ0n) is 17.4. The summed E-state index contributed by atoms with van der Waals surface area (Å²) in [6.45, 7) is 5.58. The summed E-state index contributed by atoms with van der Waals surface area (Å²) in [7, 11) is 1.70. The maximum absolute atomic E-state index is 5.98. The average molecular weight is 421 g/mol. The third-order valence-corrected chi connectivity index (χ3v) is 6.60. The zero-order chi connectivity index (χ0) is 20.7. The van der Waals surface area contributed by atoms with Gasteiger partial charge < -0.3 is 14.8 Å². The van der Waals surface area contributed by atoms with Gasteiger partial charge in [0.25, 0.3) is 0 Å². The molecule has 7 heteroatoms. The van der Waals surface area contributed by atoms with E-state index in [0.29, 0.717) is 6.61 Å². The zero-order valence-corrected chi connectivity index (χ0v) is 18.2. The molecule has 0 radical (unpaired) electrons. The molecular formula is C23H24N4O2S. The Balaban J connectivity index is 1.45. The molecule has 0 saturated heterocycles. The van der Waals surface area contributed by atoms with Crippen LogP contribution >= 0.6 is 11.3 Å². The van der Waals surface area contributed by atoms with Crippen molar-refractivity contribution in [3.63, 3.8) is 0 Å². The van der Waals surface area contributed by atoms with Crippen molar-refractivity contribution in [1.82, 2.24) is 15.0 Å². The number of pyridine rings is 1. The summed E-state index contributed by atoms with van der Waals surface area (Å²) in [4.78, 5) is 15.0. The largest absolute Gasteiger partial charge is 0.496 e. The lowest BCUT2D eigenvalue weighted by Crippen LogP contribution is -2.32. The normalized spacial score (nSPS) is 15.3. The van der Waals surface area contributed by atoms with E-state index in [1.165, 1.54) is 5.56 Å². The highest BCUT2D eigenvalue weighted by Gasteiger charge is 2.28. The Morgan fingerprint density at radius 3 is 2.97 bits per heavy atom. The lowest BCUT2D eigenvalue weighted by atomic mass is 9.95. The van der Waals surface area contributed by atoms with Crippen molar-refractivity contribution in [1.29, 1.82) is 0 Å². The van der Waals surface area contributed by atoms with Crippen LogP contribution in [-0.4, -0.2) is 34.2 Å². The first-order chi connectivity index (χ1) is 14.5. The second kappa shape index (κ2) is 7.49. The average Bonchev–Trinajstić information content (AvgIpc) is 3.10. The van der Waals surface area contributed by atoms with E-state index in [1.54, 1.807) is 24.8 Å². The summed E-state index contributed by atoms with van der Waals surface area (Å²) < 4.78 is 12.5. The van der Waals surface area contributed by atoms with E-state index in [4.69, 9.17) is 14.5 Å². The predicted octanol–water partition coefficient (Wildman–Crippen LogP) is 4.75. The van der Waals surface area contributed by atoms with E-state index >= 15 is 0 Å². The van der Waals surface area contributed by atoms with Gasteiger partial charge in [0.1, 0.15) is 22.7 Å². The Morgan fingerprint density at radius 1 is 1.23 bits per heavy atom. The minimum Gasteiger partial charge on any atom is -0.496 e. The standard InChI is InChI=1S/C23H24N4O2S/c1-23(2)11-17-15(12-29-23)10-16-19-20(30-22(16)27-17)21(26-13-25-19)24-9-8-14-6-4-5-7-18(14)28-3/h4-7,10,13H,8-9,11-12H2,1-3H3,(H,24,25,26). The van der Waals surface area contributed by atoms with Crippen LogP contribution in [0.3, 0.4) is 0 Å². The molecule has 0 saturated carbocycles. The molecule has 0 fully saturated rings. The molecule has 0 amide bonds. The summed E-state index contributed by atoms with van der Waals surface area (Å²) in [5.74, 6) is 1.77. The van der Waals surface area contributed by atoms with E-state index in [1.807, 2.05) is 18.2 Å². The van der Waals surface area contributed by atoms with Gasteiger partial charge in [-0.15, -0.1) is 11.3 Å². The van der Waals surface area contributed by atoms with E-state index < -0.39 is 0 Å². The molecule has 30 heavy (non-hydrogen) atoms. The van der Waals surface area contributed by atoms with Gasteiger partial charge in [0.15, 0.2) is 0 Å². The Hall–Kier alpha value is -2.77. The van der Waals surface area contributed by atoms with Gasteiger partial charge >= 0.3 is 0 Å². The smallest absolute Gasteiger partial charge is 0.147 e. The molecule has 0 aliphatic carbocycles. The molecule has 0 atom stereocenters. The van der Waals surface area contributed by atoms with Crippen molar-refractivity contribution in [2.24, 2.45) is 0 Å². The number of aromatic nitrogens is 3. The number of hydrogen-bond donors (Lipinski definition) is 1. The summed E-state index contributed by atoms with van der Waals surface area (Å²) >= 11 is 1.65. The Bertz CT molecular complexity index is 1230. The van der Waals surface area contributed by atoms with Crippen molar-refractivity contribution in [3.8, 4) is 5.75 Å². The van der Waals surface area contributed by atoms with Crippen molar-refractivity contribution in [3.05, 3.63) is 53.5 Å². The second-order valence-corrected chi connectivity index (χ2v) is 9.16. The molecule has 4 heterocycles. The Kier molecular flexibility index (Phi) is 4.79. The van der Waals surface area contributed by atoms with E-state index in [2.05, 4.69) is 41.3 Å². The number of para-hydroxylation sites is 1. The van der Waals surface area contributed by atoms with Gasteiger partial charge in [0, 0.05) is 23.9 Å². The number of nitrogens with zero attached hydrogens (tertiary/aromatic N) is 3. The first kappa shape index (κ1) is 19.2. The molecule has 0 bridgehead atoms. The number of methoxy groups -OCH3 is 1. The molecule has 1 aliphatic heterocycles. The van der Waals surface area contributed by atoms with Crippen LogP contribution in [0.5, 0.6) is 5.75 Å². The summed E-state index contributed by atoms with van der Waals surface area (Å²) in [5, 5.41) is 4.56. The number of anilines is 1. The van der Waals surface area contributed by atoms with Crippen molar-refractivity contribution in [2.75, 3.05) is 19.0 Å². The number of hydrogen-bond acceptors (Lipinski definition) is 7. The third-order valence-electron chi connectivity index (χ3n) is 5.50. The molecule has 3 aromatic heterocycles. The SMILES string of the molecule is COc1ccccc1CCNc1ncnc2c1sc1nc3c(cc12)COC(C)(C)C3. The molecule has 6 nitrogen and oxygen atoms in total. The van der Waals surface area contributed by atoms with Gasteiger partial charge in [-0.05, 0) is 38.0 Å². The minimum atomic E-state index is -0.171. The fourth-order valence-corrected chi connectivity index (χ4v) is 5.03. The molecule has 0 unspecified atom stereocenters. The number of nitrogens with one attached hydrogen (secondary N) is 1. The van der Waals surface area contributed by atoms with Crippen LogP contribution in [0.25, 0.3) is 20.4 Å². The topological polar surface area (TPSA) is 69.2 Å². The number of benzene rings is 1. The third kappa shape index (κ3) is 3.48. The van der Waals surface area contributed by atoms with Gasteiger partial charge in [-0.1, -0.05) is 18.2 Å². The van der Waals surface area contributed by atoms with Gasteiger partial charge in [-0.3, -0.25) is 0 Å². The highest BCUT2D eigenvalue weighted by atomic mass is 32.1. The summed E-state index contributed by atoms with van der Waals surface area (Å²) in [5.41, 5.74) is 4.24. The Morgan fingerprint density at radius 2 is 2.10 bits per heavy atom. The number of thiophene rings is 1. The van der Waals surface area contributed by atoms with E-state index in [-0.39, 0.29) is 5.60 Å². The van der Waals surface area contributed by atoms with Crippen LogP contribution in [0.15, 0.2) is 36.7 Å². The van der Waals surface area contributed by atoms with Gasteiger partial charge in [-0.2, -0.15) is 0 Å². The van der Waals surface area contributed by atoms with Crippen molar-refractivity contribution >= 4 is 37.6 Å². The van der Waals surface area contributed by atoms with Crippen LogP contribution in [0.1, 0.15) is 30.7 Å². The monoisotopic (exact) mass is 420 g/mol. The fraction of sp³-hybridized carbons (Fsp3) is 0.348. The van der Waals surface area contributed by atoms with Crippen LogP contribution in [0.2, 0.25) is 0 Å². The lowest BCUT2D eigenvalue weighted by molar-refractivity contribution is -0.0411. The molecule has 1 aliphatic rings. The van der Waals surface area contributed by atoms with Crippen molar-refractivity contribution < 1.29 is 9.47 Å². The lowest BCUT2D eigenvalue weighted by Gasteiger charge is -2.30.